The van der Waals surface area contributed by atoms with Crippen LogP contribution in [-0.2, 0) is 20.4 Å². The van der Waals surface area contributed by atoms with Crippen molar-refractivity contribution in [3.05, 3.63) is 48.3 Å². The first-order chi connectivity index (χ1) is 12.8. The van der Waals surface area contributed by atoms with Crippen molar-refractivity contribution in [2.24, 2.45) is 5.14 Å². The van der Waals surface area contributed by atoms with Gasteiger partial charge in [0.15, 0.2) is 0 Å². The number of benzene rings is 1. The molecule has 3 N–H and O–H groups in total. The predicted octanol–water partition coefficient (Wildman–Crippen LogP) is 0.343. The number of rotatable bonds is 5. The van der Waals surface area contributed by atoms with E-state index in [1.54, 1.807) is 42.7 Å². The maximum absolute atomic E-state index is 12.9. The van der Waals surface area contributed by atoms with Crippen molar-refractivity contribution in [1.82, 2.24) is 14.7 Å². The van der Waals surface area contributed by atoms with Gasteiger partial charge in [-0.15, -0.1) is 0 Å². The van der Waals surface area contributed by atoms with Crippen molar-refractivity contribution < 1.29 is 17.9 Å². The van der Waals surface area contributed by atoms with Gasteiger partial charge < -0.3 is 9.64 Å². The molecular formula is C17H21N5O4S. The third-order valence-electron chi connectivity index (χ3n) is 4.74. The molecular weight excluding hydrogens is 370 g/mol. The number of carbonyl (C=O) groups excluding carboxylic acids is 1. The molecule has 0 saturated carbocycles. The molecule has 3 rings (SSSR count). The number of hydrogen-bond acceptors (Lipinski definition) is 7. The zero-order valence-corrected chi connectivity index (χ0v) is 15.6. The molecule has 1 aromatic heterocycles. The maximum atomic E-state index is 12.9. The lowest BCUT2D eigenvalue weighted by Gasteiger charge is -2.40. The highest BCUT2D eigenvalue weighted by molar-refractivity contribution is 7.87. The van der Waals surface area contributed by atoms with E-state index in [2.05, 4.69) is 9.97 Å². The van der Waals surface area contributed by atoms with E-state index in [0.29, 0.717) is 43.2 Å². The molecule has 2 heterocycles. The second-order valence-electron chi connectivity index (χ2n) is 6.33. The highest BCUT2D eigenvalue weighted by atomic mass is 32.2. The van der Waals surface area contributed by atoms with Gasteiger partial charge in [-0.25, -0.2) is 19.8 Å². The third-order valence-corrected chi connectivity index (χ3v) is 5.21. The second-order valence-corrected chi connectivity index (χ2v) is 7.62. The number of nitrogens with one attached hydrogen (secondary N) is 1. The number of amides is 1. The minimum absolute atomic E-state index is 0.375. The number of anilines is 1. The summed E-state index contributed by atoms with van der Waals surface area (Å²) in [6, 6.07) is 8.80. The number of hydrogen-bond donors (Lipinski definition) is 2. The van der Waals surface area contributed by atoms with E-state index in [1.807, 2.05) is 9.62 Å². The largest absolute Gasteiger partial charge is 0.497 e. The van der Waals surface area contributed by atoms with Crippen LogP contribution in [0.2, 0.25) is 0 Å². The Hall–Kier alpha value is -2.72. The van der Waals surface area contributed by atoms with Gasteiger partial charge in [0.1, 0.15) is 5.75 Å². The monoisotopic (exact) mass is 391 g/mol. The van der Waals surface area contributed by atoms with Crippen LogP contribution in [0.5, 0.6) is 5.75 Å². The summed E-state index contributed by atoms with van der Waals surface area (Å²) in [5.41, 5.74) is -0.372. The summed E-state index contributed by atoms with van der Waals surface area (Å²) in [5, 5.41) is 5.04. The maximum Gasteiger partial charge on any atom is 0.298 e. The van der Waals surface area contributed by atoms with E-state index in [1.165, 1.54) is 7.11 Å². The topological polar surface area (TPSA) is 128 Å². The Kier molecular flexibility index (Phi) is 5.29. The zero-order valence-electron chi connectivity index (χ0n) is 14.8. The van der Waals surface area contributed by atoms with E-state index in [9.17, 15) is 13.2 Å². The van der Waals surface area contributed by atoms with Gasteiger partial charge in [0.05, 0.1) is 12.5 Å². The Morgan fingerprint density at radius 2 is 1.89 bits per heavy atom. The Bertz CT molecular complexity index is 912. The summed E-state index contributed by atoms with van der Waals surface area (Å²) in [6.45, 7) is 0.971. The van der Waals surface area contributed by atoms with Crippen molar-refractivity contribution in [2.75, 3.05) is 25.1 Å². The Balaban J connectivity index is 1.93. The zero-order chi connectivity index (χ0) is 19.5. The fraction of sp³-hybridized carbons (Fsp3) is 0.353. The summed E-state index contributed by atoms with van der Waals surface area (Å²) in [5.74, 6) is 0.514. The Morgan fingerprint density at radius 3 is 2.48 bits per heavy atom. The standard InChI is InChI=1S/C17H21N5O4S/c1-26-14-5-2-4-13(12-14)17(15(23)21-27(18,24)25)6-10-22(11-7-17)16-19-8-3-9-20-16/h2-5,8-9,12H,6-7,10-11H2,1H3,(H,21,23)(H2,18,24,25). The first-order valence-electron chi connectivity index (χ1n) is 8.35. The van der Waals surface area contributed by atoms with E-state index in [4.69, 9.17) is 9.88 Å². The van der Waals surface area contributed by atoms with E-state index < -0.39 is 21.5 Å². The molecule has 1 amide bonds. The first kappa shape index (κ1) is 19.1. The van der Waals surface area contributed by atoms with Crippen LogP contribution in [0, 0.1) is 0 Å². The van der Waals surface area contributed by atoms with Crippen LogP contribution < -0.4 is 19.5 Å². The highest BCUT2D eigenvalue weighted by Gasteiger charge is 2.44. The Labute approximate surface area is 157 Å². The smallest absolute Gasteiger partial charge is 0.298 e. The van der Waals surface area contributed by atoms with Gasteiger partial charge in [-0.2, -0.15) is 8.42 Å². The van der Waals surface area contributed by atoms with Crippen LogP contribution in [-0.4, -0.2) is 44.5 Å². The molecule has 27 heavy (non-hydrogen) atoms. The van der Waals surface area contributed by atoms with Crippen LogP contribution in [0.15, 0.2) is 42.7 Å². The molecule has 0 unspecified atom stereocenters. The number of nitrogens with zero attached hydrogens (tertiary/aromatic N) is 3. The molecule has 0 radical (unpaired) electrons. The molecule has 0 atom stereocenters. The molecule has 1 fully saturated rings. The van der Waals surface area contributed by atoms with Crippen molar-refractivity contribution in [1.29, 1.82) is 0 Å². The number of piperidine rings is 1. The van der Waals surface area contributed by atoms with Gasteiger partial charge in [0, 0.05) is 25.5 Å². The minimum atomic E-state index is -4.17. The normalized spacial score (nSPS) is 16.6. The molecule has 0 aliphatic carbocycles. The van der Waals surface area contributed by atoms with Crippen LogP contribution in [0.4, 0.5) is 5.95 Å². The molecule has 1 aliphatic rings. The van der Waals surface area contributed by atoms with E-state index in [-0.39, 0.29) is 0 Å². The number of methoxy groups -OCH3 is 1. The second kappa shape index (κ2) is 7.49. The van der Waals surface area contributed by atoms with Crippen LogP contribution in [0.1, 0.15) is 18.4 Å². The van der Waals surface area contributed by atoms with Crippen LogP contribution >= 0.6 is 0 Å². The summed E-state index contributed by atoms with van der Waals surface area (Å²) >= 11 is 0. The van der Waals surface area contributed by atoms with Crippen molar-refractivity contribution in [3.63, 3.8) is 0 Å². The molecule has 9 nitrogen and oxygen atoms in total. The minimum Gasteiger partial charge on any atom is -0.497 e. The summed E-state index contributed by atoms with van der Waals surface area (Å²) < 4.78 is 30.1. The summed E-state index contributed by atoms with van der Waals surface area (Å²) in [6.07, 6.45) is 4.06. The average molecular weight is 391 g/mol. The molecule has 0 bridgehead atoms. The number of ether oxygens (including phenoxy) is 1. The van der Waals surface area contributed by atoms with Crippen molar-refractivity contribution >= 4 is 22.1 Å². The van der Waals surface area contributed by atoms with E-state index in [0.717, 1.165) is 0 Å². The van der Waals surface area contributed by atoms with Gasteiger partial charge >= 0.3 is 0 Å². The number of aromatic nitrogens is 2. The number of nitrogens with two attached hydrogens (primary N) is 1. The molecule has 1 aromatic carbocycles. The van der Waals surface area contributed by atoms with Crippen molar-refractivity contribution in [3.8, 4) is 5.75 Å². The average Bonchev–Trinajstić information content (AvgIpc) is 2.67. The highest BCUT2D eigenvalue weighted by Crippen LogP contribution is 2.38. The quantitative estimate of drug-likeness (QED) is 0.752. The lowest BCUT2D eigenvalue weighted by atomic mass is 9.72. The third kappa shape index (κ3) is 4.17. The van der Waals surface area contributed by atoms with Gasteiger partial charge in [0.2, 0.25) is 11.9 Å². The molecule has 0 spiro atoms. The molecule has 1 saturated heterocycles. The van der Waals surface area contributed by atoms with Crippen LogP contribution in [0.25, 0.3) is 0 Å². The summed E-state index contributed by atoms with van der Waals surface area (Å²) in [4.78, 5) is 23.3. The fourth-order valence-electron chi connectivity index (χ4n) is 3.34. The van der Waals surface area contributed by atoms with Gasteiger partial charge in [-0.3, -0.25) is 4.79 Å². The predicted molar refractivity (Wildman–Crippen MR) is 99.4 cm³/mol. The Morgan fingerprint density at radius 1 is 1.22 bits per heavy atom. The van der Waals surface area contributed by atoms with Crippen molar-refractivity contribution in [2.45, 2.75) is 18.3 Å². The molecule has 10 heteroatoms. The molecule has 1 aliphatic heterocycles. The van der Waals surface area contributed by atoms with Gasteiger partial charge in [-0.1, -0.05) is 12.1 Å². The first-order valence-corrected chi connectivity index (χ1v) is 9.90. The van der Waals surface area contributed by atoms with E-state index >= 15 is 0 Å². The van der Waals surface area contributed by atoms with Gasteiger partial charge in [-0.05, 0) is 36.6 Å². The van der Waals surface area contributed by atoms with Crippen LogP contribution in [0.3, 0.4) is 0 Å². The molecule has 144 valence electrons. The fourth-order valence-corrected chi connectivity index (χ4v) is 3.79. The SMILES string of the molecule is COc1cccc(C2(C(=O)NS(N)(=O)=O)CCN(c3ncccn3)CC2)c1. The summed E-state index contributed by atoms with van der Waals surface area (Å²) in [7, 11) is -2.64. The lowest BCUT2D eigenvalue weighted by molar-refractivity contribution is -0.125. The number of carbonyl (C=O) groups is 1. The molecule has 2 aromatic rings. The lowest BCUT2D eigenvalue weighted by Crippen LogP contribution is -2.54. The van der Waals surface area contributed by atoms with Gasteiger partial charge in [0.25, 0.3) is 10.2 Å².